The summed E-state index contributed by atoms with van der Waals surface area (Å²) in [5.41, 5.74) is 0.980. The van der Waals surface area contributed by atoms with Gasteiger partial charge < -0.3 is 0 Å². The lowest BCUT2D eigenvalue weighted by molar-refractivity contribution is 0.0982. The zero-order valence-corrected chi connectivity index (χ0v) is 12.7. The number of allylic oxidation sites excluding steroid dienone is 2. The molecule has 0 unspecified atom stereocenters. The highest BCUT2D eigenvalue weighted by Gasteiger charge is 2.28. The minimum Gasteiger partial charge on any atom is -0.268 e. The summed E-state index contributed by atoms with van der Waals surface area (Å²) in [5.74, 6) is -0.604. The molecule has 0 aliphatic heterocycles. The summed E-state index contributed by atoms with van der Waals surface area (Å²) in [6.45, 7) is 0. The Morgan fingerprint density at radius 3 is 2.82 bits per heavy atom. The molecule has 1 N–H and O–H groups in total. The number of hydrogen-bond donors (Lipinski definition) is 1. The smallest absolute Gasteiger partial charge is 0.265 e. The Hall–Kier alpha value is -2.21. The third-order valence-corrected chi connectivity index (χ3v) is 5.56. The molecule has 1 aliphatic rings. The van der Waals surface area contributed by atoms with Crippen LogP contribution in [0.2, 0.25) is 0 Å². The van der Waals surface area contributed by atoms with E-state index >= 15 is 0 Å². The van der Waals surface area contributed by atoms with Crippen LogP contribution in [0.1, 0.15) is 29.6 Å². The fraction of sp³-hybridized carbons (Fsp3) is 0.250. The molecule has 6 heteroatoms. The van der Waals surface area contributed by atoms with Gasteiger partial charge in [0.1, 0.15) is 0 Å². The second kappa shape index (κ2) is 5.88. The van der Waals surface area contributed by atoms with Gasteiger partial charge in [-0.15, -0.1) is 0 Å². The van der Waals surface area contributed by atoms with E-state index in [9.17, 15) is 13.2 Å². The number of carbonyl (C=O) groups excluding carboxylic acids is 1. The normalized spacial score (nSPS) is 18.3. The Morgan fingerprint density at radius 1 is 1.18 bits per heavy atom. The molecule has 2 aromatic rings. The summed E-state index contributed by atoms with van der Waals surface area (Å²) in [6.07, 6.45) is 7.15. The number of fused-ring (bicyclic) bond motifs is 1. The van der Waals surface area contributed by atoms with E-state index in [-0.39, 0.29) is 0 Å². The first kappa shape index (κ1) is 14.7. The van der Waals surface area contributed by atoms with E-state index in [0.717, 1.165) is 6.42 Å². The van der Waals surface area contributed by atoms with Gasteiger partial charge in [0.2, 0.25) is 10.0 Å². The van der Waals surface area contributed by atoms with Gasteiger partial charge in [-0.05, 0) is 37.5 Å². The Balaban J connectivity index is 1.89. The van der Waals surface area contributed by atoms with Crippen molar-refractivity contribution in [1.29, 1.82) is 0 Å². The molecule has 0 fully saturated rings. The molecule has 1 heterocycles. The highest BCUT2D eigenvalue weighted by Crippen LogP contribution is 2.20. The second-order valence-electron chi connectivity index (χ2n) is 5.26. The standard InChI is InChI=1S/C16H16N2O3S/c19-16(18-22(20,21)12-6-2-1-3-7-12)14-8-4-10-15-13(14)9-5-11-17-15/h1-2,4-5,8-12H,3,6-7H2,(H,18,19)/t12-/m1/s1. The number of amides is 1. The lowest BCUT2D eigenvalue weighted by Gasteiger charge is -2.18. The third-order valence-electron chi connectivity index (χ3n) is 3.79. The van der Waals surface area contributed by atoms with E-state index in [4.69, 9.17) is 0 Å². The molecule has 1 aromatic carbocycles. The maximum absolute atomic E-state index is 12.4. The maximum Gasteiger partial charge on any atom is 0.265 e. The monoisotopic (exact) mass is 316 g/mol. The van der Waals surface area contributed by atoms with Crippen molar-refractivity contribution in [2.24, 2.45) is 0 Å². The van der Waals surface area contributed by atoms with E-state index in [0.29, 0.717) is 29.3 Å². The van der Waals surface area contributed by atoms with Gasteiger partial charge in [-0.25, -0.2) is 13.1 Å². The van der Waals surface area contributed by atoms with Gasteiger partial charge in [0, 0.05) is 17.1 Å². The number of hydrogen-bond acceptors (Lipinski definition) is 4. The SMILES string of the molecule is O=C(NS(=O)(=O)[C@@H]1CC=CCC1)c1cccc2ncccc12. The number of nitrogens with one attached hydrogen (secondary N) is 1. The van der Waals surface area contributed by atoms with Gasteiger partial charge in [0.15, 0.2) is 0 Å². The van der Waals surface area contributed by atoms with Crippen molar-refractivity contribution < 1.29 is 13.2 Å². The molecule has 0 radical (unpaired) electrons. The van der Waals surface area contributed by atoms with Crippen molar-refractivity contribution in [2.45, 2.75) is 24.5 Å². The summed E-state index contributed by atoms with van der Waals surface area (Å²) < 4.78 is 26.9. The molecule has 22 heavy (non-hydrogen) atoms. The Labute approximate surface area is 129 Å². The Kier molecular flexibility index (Phi) is 3.94. The van der Waals surface area contributed by atoms with Crippen molar-refractivity contribution in [3.8, 4) is 0 Å². The zero-order chi connectivity index (χ0) is 15.6. The summed E-state index contributed by atoms with van der Waals surface area (Å²) in [5, 5.41) is 0.0933. The van der Waals surface area contributed by atoms with E-state index < -0.39 is 21.2 Å². The first-order chi connectivity index (χ1) is 10.6. The van der Waals surface area contributed by atoms with Crippen LogP contribution in [0, 0.1) is 0 Å². The summed E-state index contributed by atoms with van der Waals surface area (Å²) in [6, 6.07) is 8.56. The number of pyridine rings is 1. The molecule has 3 rings (SSSR count). The average Bonchev–Trinajstić information content (AvgIpc) is 2.54. The molecule has 5 nitrogen and oxygen atoms in total. The summed E-state index contributed by atoms with van der Waals surface area (Å²) >= 11 is 0. The molecular formula is C16H16N2O3S. The maximum atomic E-state index is 12.4. The molecular weight excluding hydrogens is 300 g/mol. The van der Waals surface area contributed by atoms with Crippen molar-refractivity contribution >= 4 is 26.8 Å². The van der Waals surface area contributed by atoms with Gasteiger partial charge in [0.05, 0.1) is 10.8 Å². The minimum absolute atomic E-state index is 0.320. The second-order valence-corrected chi connectivity index (χ2v) is 7.22. The predicted octanol–water partition coefficient (Wildman–Crippen LogP) is 2.40. The molecule has 0 saturated heterocycles. The van der Waals surface area contributed by atoms with E-state index in [1.54, 1.807) is 36.5 Å². The number of aromatic nitrogens is 1. The van der Waals surface area contributed by atoms with Crippen molar-refractivity contribution in [3.05, 3.63) is 54.2 Å². The molecule has 0 spiro atoms. The minimum atomic E-state index is -3.67. The average molecular weight is 316 g/mol. The van der Waals surface area contributed by atoms with Gasteiger partial charge in [-0.2, -0.15) is 0 Å². The molecule has 114 valence electrons. The van der Waals surface area contributed by atoms with Crippen molar-refractivity contribution in [3.63, 3.8) is 0 Å². The van der Waals surface area contributed by atoms with Crippen LogP contribution in [0.3, 0.4) is 0 Å². The number of sulfonamides is 1. The topological polar surface area (TPSA) is 76.1 Å². The van der Waals surface area contributed by atoms with E-state index in [2.05, 4.69) is 9.71 Å². The number of nitrogens with zero attached hydrogens (tertiary/aromatic N) is 1. The molecule has 1 aliphatic carbocycles. The largest absolute Gasteiger partial charge is 0.268 e. The summed E-state index contributed by atoms with van der Waals surface area (Å²) in [4.78, 5) is 16.6. The van der Waals surface area contributed by atoms with Crippen molar-refractivity contribution in [1.82, 2.24) is 9.71 Å². The first-order valence-electron chi connectivity index (χ1n) is 7.12. The summed E-state index contributed by atoms with van der Waals surface area (Å²) in [7, 11) is -3.67. The molecule has 0 bridgehead atoms. The van der Waals surface area contributed by atoms with Gasteiger partial charge in [-0.1, -0.05) is 24.3 Å². The van der Waals surface area contributed by atoms with Crippen LogP contribution in [0.15, 0.2) is 48.7 Å². The third kappa shape index (κ3) is 2.87. The van der Waals surface area contributed by atoms with E-state index in [1.165, 1.54) is 0 Å². The van der Waals surface area contributed by atoms with Crippen LogP contribution in [0.5, 0.6) is 0 Å². The van der Waals surface area contributed by atoms with Gasteiger partial charge >= 0.3 is 0 Å². The van der Waals surface area contributed by atoms with Crippen LogP contribution in [-0.4, -0.2) is 24.6 Å². The van der Waals surface area contributed by atoms with Crippen LogP contribution < -0.4 is 4.72 Å². The Morgan fingerprint density at radius 2 is 2.05 bits per heavy atom. The highest BCUT2D eigenvalue weighted by molar-refractivity contribution is 7.90. The quantitative estimate of drug-likeness (QED) is 0.882. The molecule has 1 aromatic heterocycles. The van der Waals surface area contributed by atoms with Gasteiger partial charge in [-0.3, -0.25) is 9.78 Å². The van der Waals surface area contributed by atoms with Gasteiger partial charge in [0.25, 0.3) is 5.91 Å². The zero-order valence-electron chi connectivity index (χ0n) is 11.9. The predicted molar refractivity (Wildman–Crippen MR) is 84.9 cm³/mol. The fourth-order valence-electron chi connectivity index (χ4n) is 2.62. The fourth-order valence-corrected chi connectivity index (χ4v) is 3.96. The number of rotatable bonds is 3. The number of benzene rings is 1. The lowest BCUT2D eigenvalue weighted by atomic mass is 10.1. The van der Waals surface area contributed by atoms with Crippen LogP contribution in [0.4, 0.5) is 0 Å². The molecule has 1 atom stereocenters. The van der Waals surface area contributed by atoms with E-state index in [1.807, 2.05) is 12.2 Å². The lowest BCUT2D eigenvalue weighted by Crippen LogP contribution is -2.38. The van der Waals surface area contributed by atoms with Crippen molar-refractivity contribution in [2.75, 3.05) is 0 Å². The van der Waals surface area contributed by atoms with Crippen LogP contribution in [-0.2, 0) is 10.0 Å². The van der Waals surface area contributed by atoms with Crippen LogP contribution in [0.25, 0.3) is 10.9 Å². The number of carbonyl (C=O) groups is 1. The first-order valence-corrected chi connectivity index (χ1v) is 8.67. The Bertz CT molecular complexity index is 838. The van der Waals surface area contributed by atoms with Crippen LogP contribution >= 0.6 is 0 Å². The molecule has 0 saturated carbocycles. The molecule has 1 amide bonds. The highest BCUT2D eigenvalue weighted by atomic mass is 32.2.